The lowest BCUT2D eigenvalue weighted by molar-refractivity contribution is 0.0348. The van der Waals surface area contributed by atoms with Crippen LogP contribution in [-0.2, 0) is 25.4 Å². The molecule has 1 aliphatic rings. The highest BCUT2D eigenvalue weighted by Gasteiger charge is 2.35. The van der Waals surface area contributed by atoms with Crippen LogP contribution in [0.2, 0.25) is 5.02 Å². The fourth-order valence-electron chi connectivity index (χ4n) is 3.02. The Morgan fingerprint density at radius 3 is 1.83 bits per heavy atom. The fourth-order valence-corrected chi connectivity index (χ4v) is 3.24. The third-order valence-electron chi connectivity index (χ3n) is 4.18. The molecule has 1 heterocycles. The SMILES string of the molecule is CC1=C(OC(=O)OC(C)C)C(Cc2ccccc2Cl)C(OC(=O)OC(C)C)=C(C)N1. The van der Waals surface area contributed by atoms with Crippen LogP contribution in [0.4, 0.5) is 9.59 Å². The molecule has 1 aromatic rings. The van der Waals surface area contributed by atoms with Crippen molar-refractivity contribution in [3.8, 4) is 0 Å². The third kappa shape index (κ3) is 6.42. The average Bonchev–Trinajstić information content (AvgIpc) is 2.62. The number of dihydropyridines is 1. The maximum Gasteiger partial charge on any atom is 0.513 e. The van der Waals surface area contributed by atoms with Gasteiger partial charge in [-0.2, -0.15) is 0 Å². The van der Waals surface area contributed by atoms with E-state index < -0.39 is 18.2 Å². The molecule has 0 aliphatic carbocycles. The molecule has 0 saturated carbocycles. The molecule has 0 saturated heterocycles. The van der Waals surface area contributed by atoms with Gasteiger partial charge in [0, 0.05) is 5.02 Å². The molecule has 1 aromatic carbocycles. The zero-order valence-corrected chi connectivity index (χ0v) is 18.8. The molecular weight excluding hydrogens is 410 g/mol. The first-order chi connectivity index (χ1) is 14.1. The standard InChI is InChI=1S/C22H28ClNO6/c1-12(2)27-21(25)29-19-14(5)24-15(6)20(30-22(26)28-13(3)4)17(19)11-16-9-7-8-10-18(16)23/h7-10,12-13,17,24H,11H2,1-6H3. The van der Waals surface area contributed by atoms with E-state index in [-0.39, 0.29) is 12.2 Å². The summed E-state index contributed by atoms with van der Waals surface area (Å²) in [6, 6.07) is 7.32. The summed E-state index contributed by atoms with van der Waals surface area (Å²) < 4.78 is 21.3. The van der Waals surface area contributed by atoms with E-state index in [0.29, 0.717) is 34.4 Å². The topological polar surface area (TPSA) is 83.1 Å². The van der Waals surface area contributed by atoms with Gasteiger partial charge in [0.2, 0.25) is 0 Å². The van der Waals surface area contributed by atoms with Crippen LogP contribution < -0.4 is 5.32 Å². The van der Waals surface area contributed by atoms with Gasteiger partial charge >= 0.3 is 12.3 Å². The molecule has 8 heteroatoms. The third-order valence-corrected chi connectivity index (χ3v) is 4.55. The first-order valence-electron chi connectivity index (χ1n) is 9.77. The molecule has 0 unspecified atom stereocenters. The van der Waals surface area contributed by atoms with Gasteiger partial charge in [0.1, 0.15) is 11.5 Å². The van der Waals surface area contributed by atoms with Crippen molar-refractivity contribution in [2.75, 3.05) is 0 Å². The van der Waals surface area contributed by atoms with Crippen molar-refractivity contribution >= 4 is 23.9 Å². The first-order valence-corrected chi connectivity index (χ1v) is 10.1. The van der Waals surface area contributed by atoms with Crippen LogP contribution in [0, 0.1) is 5.92 Å². The molecule has 0 spiro atoms. The molecule has 1 N–H and O–H groups in total. The van der Waals surface area contributed by atoms with Crippen LogP contribution in [-0.4, -0.2) is 24.5 Å². The Morgan fingerprint density at radius 1 is 0.933 bits per heavy atom. The molecular formula is C22H28ClNO6. The smallest absolute Gasteiger partial charge is 0.431 e. The summed E-state index contributed by atoms with van der Waals surface area (Å²) in [6.45, 7) is 10.4. The molecule has 2 rings (SSSR count). The van der Waals surface area contributed by atoms with Gasteiger partial charge in [-0.25, -0.2) is 9.59 Å². The Labute approximate surface area is 182 Å². The van der Waals surface area contributed by atoms with Crippen molar-refractivity contribution in [2.45, 2.75) is 60.2 Å². The Hall–Kier alpha value is -2.67. The number of benzene rings is 1. The molecule has 1 aliphatic heterocycles. The zero-order valence-electron chi connectivity index (χ0n) is 18.1. The minimum Gasteiger partial charge on any atom is -0.431 e. The van der Waals surface area contributed by atoms with Crippen molar-refractivity contribution in [1.82, 2.24) is 5.32 Å². The largest absolute Gasteiger partial charge is 0.513 e. The number of hydrogen-bond acceptors (Lipinski definition) is 7. The van der Waals surface area contributed by atoms with Gasteiger partial charge in [0.15, 0.2) is 0 Å². The van der Waals surface area contributed by atoms with E-state index in [9.17, 15) is 9.59 Å². The summed E-state index contributed by atoms with van der Waals surface area (Å²) in [7, 11) is 0. The Morgan fingerprint density at radius 2 is 1.40 bits per heavy atom. The Bertz CT molecular complexity index is 813. The normalized spacial score (nSPS) is 14.7. The zero-order chi connectivity index (χ0) is 22.4. The van der Waals surface area contributed by atoms with Gasteiger partial charge in [0.25, 0.3) is 0 Å². The highest BCUT2D eigenvalue weighted by Crippen LogP contribution is 2.35. The van der Waals surface area contributed by atoms with Crippen LogP contribution >= 0.6 is 11.6 Å². The van der Waals surface area contributed by atoms with E-state index in [1.165, 1.54) is 0 Å². The number of allylic oxidation sites excluding steroid dienone is 2. The van der Waals surface area contributed by atoms with Gasteiger partial charge in [-0.15, -0.1) is 0 Å². The van der Waals surface area contributed by atoms with Crippen LogP contribution in [0.1, 0.15) is 47.1 Å². The molecule has 7 nitrogen and oxygen atoms in total. The quantitative estimate of drug-likeness (QED) is 0.572. The van der Waals surface area contributed by atoms with Crippen molar-refractivity contribution in [1.29, 1.82) is 0 Å². The number of hydrogen-bond donors (Lipinski definition) is 1. The predicted octanol–water partition coefficient (Wildman–Crippen LogP) is 5.69. The molecule has 164 valence electrons. The van der Waals surface area contributed by atoms with Crippen LogP contribution in [0.25, 0.3) is 0 Å². The second-order valence-corrected chi connectivity index (χ2v) is 7.90. The van der Waals surface area contributed by atoms with Gasteiger partial charge in [-0.05, 0) is 59.6 Å². The Balaban J connectivity index is 2.40. The molecule has 0 amide bonds. The van der Waals surface area contributed by atoms with Gasteiger partial charge < -0.3 is 24.3 Å². The predicted molar refractivity (Wildman–Crippen MR) is 113 cm³/mol. The fraction of sp³-hybridized carbons (Fsp3) is 0.455. The minimum atomic E-state index is -0.839. The second kappa shape index (κ2) is 10.4. The van der Waals surface area contributed by atoms with Crippen molar-refractivity contribution in [3.63, 3.8) is 0 Å². The van der Waals surface area contributed by atoms with E-state index in [1.807, 2.05) is 18.2 Å². The summed E-state index contributed by atoms with van der Waals surface area (Å²) in [5.74, 6) is -0.0115. The van der Waals surface area contributed by atoms with Crippen molar-refractivity contribution < 1.29 is 28.5 Å². The number of ether oxygens (including phenoxy) is 4. The summed E-state index contributed by atoms with van der Waals surface area (Å²) in [6.07, 6.45) is -2.02. The van der Waals surface area contributed by atoms with E-state index in [2.05, 4.69) is 5.32 Å². The van der Waals surface area contributed by atoms with Crippen molar-refractivity contribution in [2.24, 2.45) is 5.92 Å². The van der Waals surface area contributed by atoms with Gasteiger partial charge in [-0.1, -0.05) is 29.8 Å². The van der Waals surface area contributed by atoms with E-state index >= 15 is 0 Å². The van der Waals surface area contributed by atoms with Gasteiger partial charge in [0.05, 0.1) is 29.5 Å². The molecule has 0 fully saturated rings. The maximum absolute atomic E-state index is 12.2. The maximum atomic E-state index is 12.2. The first kappa shape index (κ1) is 23.6. The summed E-state index contributed by atoms with van der Waals surface area (Å²) >= 11 is 6.35. The number of carbonyl (C=O) groups is 2. The average molecular weight is 438 g/mol. The lowest BCUT2D eigenvalue weighted by Gasteiger charge is -2.30. The number of nitrogens with one attached hydrogen (secondary N) is 1. The van der Waals surface area contributed by atoms with Crippen LogP contribution in [0.15, 0.2) is 47.2 Å². The monoisotopic (exact) mass is 437 g/mol. The Kier molecular flexibility index (Phi) is 8.17. The summed E-state index contributed by atoms with van der Waals surface area (Å²) in [4.78, 5) is 24.4. The molecule has 0 atom stereocenters. The number of carbonyl (C=O) groups excluding carboxylic acids is 2. The number of rotatable bonds is 6. The molecule has 30 heavy (non-hydrogen) atoms. The van der Waals surface area contributed by atoms with E-state index in [4.69, 9.17) is 30.5 Å². The highest BCUT2D eigenvalue weighted by atomic mass is 35.5. The summed E-state index contributed by atoms with van der Waals surface area (Å²) in [5.41, 5.74) is 2.02. The van der Waals surface area contributed by atoms with Crippen LogP contribution in [0.5, 0.6) is 0 Å². The summed E-state index contributed by atoms with van der Waals surface area (Å²) in [5, 5.41) is 3.64. The van der Waals surface area contributed by atoms with Crippen LogP contribution in [0.3, 0.4) is 0 Å². The van der Waals surface area contributed by atoms with Gasteiger partial charge in [-0.3, -0.25) is 0 Å². The second-order valence-electron chi connectivity index (χ2n) is 7.49. The lowest BCUT2D eigenvalue weighted by atomic mass is 9.91. The van der Waals surface area contributed by atoms with E-state index in [0.717, 1.165) is 5.56 Å². The molecule has 0 radical (unpaired) electrons. The minimum absolute atomic E-state index is 0.290. The molecule has 0 bridgehead atoms. The molecule has 0 aromatic heterocycles. The number of halogens is 1. The van der Waals surface area contributed by atoms with E-state index in [1.54, 1.807) is 47.6 Å². The van der Waals surface area contributed by atoms with Crippen molar-refractivity contribution in [3.05, 3.63) is 57.8 Å². The lowest BCUT2D eigenvalue weighted by Crippen LogP contribution is -2.32. The highest BCUT2D eigenvalue weighted by molar-refractivity contribution is 6.31.